The summed E-state index contributed by atoms with van der Waals surface area (Å²) in [6.07, 6.45) is 1.07. The molecule has 13 heteroatoms. The van der Waals surface area contributed by atoms with Crippen molar-refractivity contribution >= 4 is 61.9 Å². The number of nitro groups is 1. The van der Waals surface area contributed by atoms with Gasteiger partial charge < -0.3 is 15.0 Å². The number of rotatable bonds is 7. The van der Waals surface area contributed by atoms with Crippen molar-refractivity contribution in [3.8, 4) is 5.75 Å². The molecule has 0 aliphatic carbocycles. The molecular weight excluding hydrogens is 558 g/mol. The van der Waals surface area contributed by atoms with Crippen LogP contribution in [0.4, 0.5) is 11.4 Å². The van der Waals surface area contributed by atoms with Gasteiger partial charge in [-0.05, 0) is 42.5 Å². The Labute approximate surface area is 215 Å². The fourth-order valence-corrected chi connectivity index (χ4v) is 3.82. The number of fused-ring (bicyclic) bond motifs is 1. The number of carbonyl (C=O) groups excluding carboxylic acids is 1. The molecule has 0 saturated heterocycles. The lowest BCUT2D eigenvalue weighted by molar-refractivity contribution is -0.385. The Morgan fingerprint density at radius 2 is 1.92 bits per heavy atom. The topological polar surface area (TPSA) is 149 Å². The maximum atomic E-state index is 12.7. The number of H-pyrrole nitrogens is 1. The minimum atomic E-state index is -0.802. The lowest BCUT2D eigenvalue weighted by Gasteiger charge is -2.11. The molecule has 0 unspecified atom stereocenters. The molecule has 0 fully saturated rings. The lowest BCUT2D eigenvalue weighted by atomic mass is 10.2. The summed E-state index contributed by atoms with van der Waals surface area (Å²) in [5.74, 6) is -0.858. The molecule has 1 aromatic heterocycles. The van der Waals surface area contributed by atoms with Crippen molar-refractivity contribution in [3.63, 3.8) is 0 Å². The molecule has 182 valence electrons. The zero-order chi connectivity index (χ0) is 25.8. The predicted octanol–water partition coefficient (Wildman–Crippen LogP) is 3.91. The minimum absolute atomic E-state index is 0.0508. The third-order valence-electron chi connectivity index (χ3n) is 4.83. The van der Waals surface area contributed by atoms with Gasteiger partial charge in [-0.2, -0.15) is 5.10 Å². The van der Waals surface area contributed by atoms with E-state index < -0.39 is 34.4 Å². The number of amides is 1. The van der Waals surface area contributed by atoms with E-state index in [9.17, 15) is 24.5 Å². The molecule has 0 bridgehead atoms. The van der Waals surface area contributed by atoms with Gasteiger partial charge in [0.15, 0.2) is 6.61 Å². The Morgan fingerprint density at radius 3 is 2.64 bits per heavy atom. The van der Waals surface area contributed by atoms with Crippen molar-refractivity contribution in [2.75, 3.05) is 11.9 Å². The average Bonchev–Trinajstić information content (AvgIpc) is 2.84. The number of aromatic amines is 1. The van der Waals surface area contributed by atoms with Gasteiger partial charge in [0.1, 0.15) is 0 Å². The summed E-state index contributed by atoms with van der Waals surface area (Å²) in [4.78, 5) is 51.0. The zero-order valence-electron chi connectivity index (χ0n) is 18.1. The number of nitrogens with one attached hydrogen (secondary N) is 2. The normalized spacial score (nSPS) is 11.1. The van der Waals surface area contributed by atoms with E-state index in [0.717, 1.165) is 6.21 Å². The van der Waals surface area contributed by atoms with Crippen molar-refractivity contribution < 1.29 is 14.5 Å². The number of anilines is 1. The summed E-state index contributed by atoms with van der Waals surface area (Å²) in [5, 5.41) is 18.9. The van der Waals surface area contributed by atoms with Crippen LogP contribution in [0, 0.1) is 10.1 Å². The van der Waals surface area contributed by atoms with Crippen molar-refractivity contribution in [2.45, 2.75) is 0 Å². The zero-order valence-corrected chi connectivity index (χ0v) is 20.4. The Kier molecular flexibility index (Phi) is 7.27. The van der Waals surface area contributed by atoms with E-state index in [0.29, 0.717) is 25.4 Å². The molecule has 0 atom stereocenters. The van der Waals surface area contributed by atoms with Crippen molar-refractivity contribution in [3.05, 3.63) is 107 Å². The summed E-state index contributed by atoms with van der Waals surface area (Å²) in [5.41, 5.74) is -1.09. The fourth-order valence-electron chi connectivity index (χ4n) is 3.23. The van der Waals surface area contributed by atoms with Crippen LogP contribution in [-0.4, -0.2) is 33.3 Å². The number of halogens is 2. The third-order valence-corrected chi connectivity index (χ3v) is 5.54. The Balaban J connectivity index is 1.67. The van der Waals surface area contributed by atoms with Gasteiger partial charge in [0.25, 0.3) is 11.5 Å². The monoisotopic (exact) mass is 571 g/mol. The van der Waals surface area contributed by atoms with Gasteiger partial charge in [0.05, 0.1) is 22.0 Å². The first kappa shape index (κ1) is 24.8. The van der Waals surface area contributed by atoms with Crippen LogP contribution in [0.5, 0.6) is 5.75 Å². The van der Waals surface area contributed by atoms with Crippen molar-refractivity contribution in [1.82, 2.24) is 9.66 Å². The Bertz CT molecular complexity index is 1630. The maximum absolute atomic E-state index is 12.7. The predicted molar refractivity (Wildman–Crippen MR) is 138 cm³/mol. The summed E-state index contributed by atoms with van der Waals surface area (Å²) in [6.45, 7) is -0.567. The molecule has 4 aromatic rings. The molecule has 0 aliphatic rings. The number of ether oxygens (including phenoxy) is 1. The Hall–Kier alpha value is -4.29. The molecule has 1 amide bonds. The fraction of sp³-hybridized carbons (Fsp3) is 0.0435. The first-order chi connectivity index (χ1) is 17.2. The van der Waals surface area contributed by atoms with Crippen LogP contribution in [0.1, 0.15) is 5.56 Å². The van der Waals surface area contributed by atoms with Gasteiger partial charge in [-0.15, -0.1) is 4.68 Å². The third kappa shape index (κ3) is 5.50. The van der Waals surface area contributed by atoms with Crippen molar-refractivity contribution in [2.24, 2.45) is 5.10 Å². The number of nitro benzene ring substituents is 1. The largest absolute Gasteiger partial charge is 0.476 e. The summed E-state index contributed by atoms with van der Waals surface area (Å²) < 4.78 is 6.40. The minimum Gasteiger partial charge on any atom is -0.476 e. The first-order valence-corrected chi connectivity index (χ1v) is 11.3. The van der Waals surface area contributed by atoms with Crippen LogP contribution in [0.15, 0.2) is 79.8 Å². The summed E-state index contributed by atoms with van der Waals surface area (Å²) in [7, 11) is 0. The second-order valence-electron chi connectivity index (χ2n) is 7.28. The van der Waals surface area contributed by atoms with E-state index >= 15 is 0 Å². The van der Waals surface area contributed by atoms with Crippen LogP contribution in [0.2, 0.25) is 5.02 Å². The van der Waals surface area contributed by atoms with E-state index in [-0.39, 0.29) is 16.7 Å². The van der Waals surface area contributed by atoms with E-state index in [1.165, 1.54) is 18.2 Å². The van der Waals surface area contributed by atoms with Crippen LogP contribution < -0.4 is 21.3 Å². The molecule has 11 nitrogen and oxygen atoms in total. The quantitative estimate of drug-likeness (QED) is 0.195. The highest BCUT2D eigenvalue weighted by atomic mass is 79.9. The van der Waals surface area contributed by atoms with Crippen molar-refractivity contribution in [1.29, 1.82) is 0 Å². The molecule has 0 aliphatic heterocycles. The van der Waals surface area contributed by atoms with E-state index in [1.807, 2.05) is 0 Å². The molecule has 1 heterocycles. The highest BCUT2D eigenvalue weighted by Gasteiger charge is 2.22. The number of para-hydroxylation sites is 1. The highest BCUT2D eigenvalue weighted by molar-refractivity contribution is 9.10. The molecule has 0 spiro atoms. The van der Waals surface area contributed by atoms with Crippen LogP contribution in [0.25, 0.3) is 10.9 Å². The molecular formula is C23H15BrClN5O6. The average molecular weight is 573 g/mol. The molecule has 2 N–H and O–H groups in total. The van der Waals surface area contributed by atoms with Crippen LogP contribution in [0.3, 0.4) is 0 Å². The van der Waals surface area contributed by atoms with Gasteiger partial charge in [0.2, 0.25) is 5.75 Å². The molecule has 0 saturated carbocycles. The number of benzene rings is 3. The Morgan fingerprint density at radius 1 is 1.19 bits per heavy atom. The summed E-state index contributed by atoms with van der Waals surface area (Å²) >= 11 is 9.01. The van der Waals surface area contributed by atoms with E-state index in [1.54, 1.807) is 42.5 Å². The second-order valence-corrected chi connectivity index (χ2v) is 8.63. The molecule has 0 radical (unpaired) electrons. The SMILES string of the molecule is O=C(COc1c(C=Nn2c(=O)[nH]c3ccccc3c2=O)cc(Br)cc1[N+](=O)[O-])Nc1ccc(Cl)cc1. The molecule has 36 heavy (non-hydrogen) atoms. The van der Waals surface area contributed by atoms with Gasteiger partial charge in [-0.1, -0.05) is 39.7 Å². The summed E-state index contributed by atoms with van der Waals surface area (Å²) in [6, 6.07) is 15.4. The standard InChI is InChI=1S/C23H15BrClN5O6/c24-14-9-13(11-26-29-22(32)17-3-1-2-4-18(17)28-23(29)33)21(19(10-14)30(34)35)36-12-20(31)27-16-7-5-15(25)6-8-16/h1-11H,12H2,(H,27,31)(H,28,33). The smallest absolute Gasteiger partial charge is 0.349 e. The van der Waals surface area contributed by atoms with Crippen LogP contribution >= 0.6 is 27.5 Å². The van der Waals surface area contributed by atoms with Gasteiger partial charge >= 0.3 is 11.4 Å². The van der Waals surface area contributed by atoms with E-state index in [2.05, 4.69) is 31.3 Å². The molecule has 3 aromatic carbocycles. The molecule has 4 rings (SSSR count). The number of nitrogens with zero attached hydrogens (tertiary/aromatic N) is 3. The highest BCUT2D eigenvalue weighted by Crippen LogP contribution is 2.34. The lowest BCUT2D eigenvalue weighted by Crippen LogP contribution is -2.32. The van der Waals surface area contributed by atoms with E-state index in [4.69, 9.17) is 16.3 Å². The van der Waals surface area contributed by atoms with Gasteiger partial charge in [-0.25, -0.2) is 4.79 Å². The number of carbonyl (C=O) groups is 1. The number of aromatic nitrogens is 2. The second kappa shape index (κ2) is 10.5. The van der Waals surface area contributed by atoms with Gasteiger partial charge in [-0.3, -0.25) is 19.7 Å². The maximum Gasteiger partial charge on any atom is 0.349 e. The first-order valence-electron chi connectivity index (χ1n) is 10.2. The number of hydrogen-bond donors (Lipinski definition) is 2. The van der Waals surface area contributed by atoms with Gasteiger partial charge in [0, 0.05) is 26.8 Å². The number of hydrogen-bond acceptors (Lipinski definition) is 7. The van der Waals surface area contributed by atoms with Crippen LogP contribution in [-0.2, 0) is 4.79 Å².